The van der Waals surface area contributed by atoms with E-state index < -0.39 is 35.1 Å². The number of esters is 2. The van der Waals surface area contributed by atoms with E-state index in [4.69, 9.17) is 14.5 Å². The van der Waals surface area contributed by atoms with Gasteiger partial charge in [-0.2, -0.15) is 0 Å². The van der Waals surface area contributed by atoms with E-state index in [0.717, 1.165) is 16.3 Å². The van der Waals surface area contributed by atoms with Crippen molar-refractivity contribution in [3.63, 3.8) is 0 Å². The molecular weight excluding hydrogens is 512 g/mol. The van der Waals surface area contributed by atoms with E-state index in [-0.39, 0.29) is 24.8 Å². The van der Waals surface area contributed by atoms with Gasteiger partial charge in [-0.05, 0) is 53.7 Å². The van der Waals surface area contributed by atoms with Crippen molar-refractivity contribution >= 4 is 29.2 Å². The highest BCUT2D eigenvalue weighted by Gasteiger charge is 2.51. The first-order chi connectivity index (χ1) is 18.3. The van der Waals surface area contributed by atoms with Crippen LogP contribution in [0.25, 0.3) is 10.6 Å². The van der Waals surface area contributed by atoms with Gasteiger partial charge in [0.2, 0.25) is 0 Å². The Hall–Kier alpha value is -3.52. The van der Waals surface area contributed by atoms with E-state index in [1.807, 2.05) is 41.8 Å². The van der Waals surface area contributed by atoms with Crippen molar-refractivity contribution in [1.29, 1.82) is 0 Å². The van der Waals surface area contributed by atoms with Crippen molar-refractivity contribution in [2.45, 2.75) is 71.1 Å². The van der Waals surface area contributed by atoms with Crippen molar-refractivity contribution in [1.82, 2.24) is 9.88 Å². The molecule has 0 bridgehead atoms. The van der Waals surface area contributed by atoms with Gasteiger partial charge in [-0.15, -0.1) is 11.3 Å². The van der Waals surface area contributed by atoms with E-state index >= 15 is 0 Å². The predicted molar refractivity (Wildman–Crippen MR) is 151 cm³/mol. The number of ether oxygens (including phenoxy) is 2. The summed E-state index contributed by atoms with van der Waals surface area (Å²) in [5.74, 6) is -2.20. The van der Waals surface area contributed by atoms with E-state index in [0.29, 0.717) is 5.56 Å². The molecule has 0 aliphatic carbocycles. The van der Waals surface area contributed by atoms with Crippen LogP contribution in [-0.2, 0) is 19.1 Å². The molecule has 3 aromatic rings. The first-order valence-electron chi connectivity index (χ1n) is 13.1. The molecule has 206 valence electrons. The lowest BCUT2D eigenvalue weighted by Crippen LogP contribution is -2.46. The standard InChI is InChI=1S/C31H36N2O5S/c1-30(2,3)37-25(34)17-22-23(24-19-39-27(32-24)20-13-9-7-10-14-20)18-33(26(22)29(36)38-31(4,5)6)28(35)21-15-11-8-12-16-21/h7-16,19,22-23,26H,17-18H2,1-6H3/t22-,23-,26-/m0/s1. The van der Waals surface area contributed by atoms with E-state index in [9.17, 15) is 14.4 Å². The van der Waals surface area contributed by atoms with Crippen LogP contribution in [0.2, 0.25) is 0 Å². The molecule has 3 atom stereocenters. The molecule has 1 saturated heterocycles. The van der Waals surface area contributed by atoms with Crippen LogP contribution in [0.15, 0.2) is 66.0 Å². The average molecular weight is 549 g/mol. The second kappa shape index (κ2) is 11.3. The van der Waals surface area contributed by atoms with Crippen LogP contribution in [-0.4, -0.2) is 51.5 Å². The quantitative estimate of drug-likeness (QED) is 0.346. The minimum absolute atomic E-state index is 0.0530. The molecule has 2 aromatic carbocycles. The minimum Gasteiger partial charge on any atom is -0.460 e. The smallest absolute Gasteiger partial charge is 0.329 e. The number of carbonyl (C=O) groups excluding carboxylic acids is 3. The molecule has 0 unspecified atom stereocenters. The number of hydrogen-bond acceptors (Lipinski definition) is 7. The van der Waals surface area contributed by atoms with Crippen LogP contribution in [0.4, 0.5) is 0 Å². The van der Waals surface area contributed by atoms with Crippen LogP contribution < -0.4 is 0 Å². The van der Waals surface area contributed by atoms with E-state index in [1.54, 1.807) is 70.7 Å². The third-order valence-corrected chi connectivity index (χ3v) is 7.24. The second-order valence-electron chi connectivity index (χ2n) is 11.8. The number of hydrogen-bond donors (Lipinski definition) is 0. The molecule has 1 fully saturated rings. The molecule has 7 nitrogen and oxygen atoms in total. The van der Waals surface area contributed by atoms with Gasteiger partial charge in [0, 0.05) is 34.9 Å². The molecule has 8 heteroatoms. The SMILES string of the molecule is CC(C)(C)OC(=O)C[C@H]1[C@@H](c2csc(-c3ccccc3)n2)CN(C(=O)c2ccccc2)[C@@H]1C(=O)OC(C)(C)C. The average Bonchev–Trinajstić information content (AvgIpc) is 3.48. The highest BCUT2D eigenvalue weighted by atomic mass is 32.1. The summed E-state index contributed by atoms with van der Waals surface area (Å²) >= 11 is 1.50. The molecule has 0 N–H and O–H groups in total. The Bertz CT molecular complexity index is 1310. The minimum atomic E-state index is -0.976. The Morgan fingerprint density at radius 2 is 1.49 bits per heavy atom. The summed E-state index contributed by atoms with van der Waals surface area (Å²) in [7, 11) is 0. The highest BCUT2D eigenvalue weighted by Crippen LogP contribution is 2.42. The van der Waals surface area contributed by atoms with Crippen molar-refractivity contribution < 1.29 is 23.9 Å². The van der Waals surface area contributed by atoms with Gasteiger partial charge in [0.25, 0.3) is 5.91 Å². The lowest BCUT2D eigenvalue weighted by molar-refractivity contribution is -0.162. The van der Waals surface area contributed by atoms with Gasteiger partial charge in [0.15, 0.2) is 0 Å². The number of likely N-dealkylation sites (tertiary alicyclic amines) is 1. The fraction of sp³-hybridized carbons (Fsp3) is 0.419. The summed E-state index contributed by atoms with van der Waals surface area (Å²) in [6, 6.07) is 17.7. The zero-order valence-corrected chi connectivity index (χ0v) is 24.2. The summed E-state index contributed by atoms with van der Waals surface area (Å²) in [6.45, 7) is 11.0. The Kier molecular flexibility index (Phi) is 8.25. The molecule has 39 heavy (non-hydrogen) atoms. The fourth-order valence-corrected chi connectivity index (χ4v) is 5.73. The normalized spacial score (nSPS) is 19.5. The van der Waals surface area contributed by atoms with Crippen molar-refractivity contribution in [3.05, 3.63) is 77.3 Å². The summed E-state index contributed by atoms with van der Waals surface area (Å²) in [4.78, 5) is 47.1. The molecule has 1 aromatic heterocycles. The first kappa shape index (κ1) is 28.5. The van der Waals surface area contributed by atoms with Gasteiger partial charge in [0.05, 0.1) is 12.1 Å². The van der Waals surface area contributed by atoms with Gasteiger partial charge in [-0.1, -0.05) is 48.5 Å². The zero-order valence-electron chi connectivity index (χ0n) is 23.3. The van der Waals surface area contributed by atoms with Gasteiger partial charge < -0.3 is 14.4 Å². The molecule has 4 rings (SSSR count). The molecular formula is C31H36N2O5S. The van der Waals surface area contributed by atoms with Gasteiger partial charge in [0.1, 0.15) is 22.3 Å². The number of rotatable bonds is 6. The maximum absolute atomic E-state index is 13.8. The number of amides is 1. The van der Waals surface area contributed by atoms with E-state index in [1.165, 1.54) is 11.3 Å². The Morgan fingerprint density at radius 3 is 2.08 bits per heavy atom. The molecule has 1 aliphatic heterocycles. The largest absolute Gasteiger partial charge is 0.460 e. The number of carbonyl (C=O) groups is 3. The second-order valence-corrected chi connectivity index (χ2v) is 12.7. The number of thiazole rings is 1. The monoisotopic (exact) mass is 548 g/mol. The zero-order chi connectivity index (χ0) is 28.4. The maximum Gasteiger partial charge on any atom is 0.329 e. The molecule has 0 radical (unpaired) electrons. The number of aromatic nitrogens is 1. The first-order valence-corrected chi connectivity index (χ1v) is 14.0. The lowest BCUT2D eigenvalue weighted by atomic mass is 9.85. The lowest BCUT2D eigenvalue weighted by Gasteiger charge is -2.30. The van der Waals surface area contributed by atoms with Crippen LogP contribution >= 0.6 is 11.3 Å². The fourth-order valence-electron chi connectivity index (χ4n) is 4.84. The van der Waals surface area contributed by atoms with Crippen molar-refractivity contribution in [2.75, 3.05) is 6.54 Å². The molecule has 0 spiro atoms. The molecule has 1 amide bonds. The molecule has 2 heterocycles. The summed E-state index contributed by atoms with van der Waals surface area (Å²) in [6.07, 6.45) is -0.0530. The topological polar surface area (TPSA) is 85.8 Å². The summed E-state index contributed by atoms with van der Waals surface area (Å²) in [5.41, 5.74) is 0.730. The summed E-state index contributed by atoms with van der Waals surface area (Å²) in [5, 5.41) is 2.79. The third-order valence-electron chi connectivity index (χ3n) is 6.33. The van der Waals surface area contributed by atoms with Crippen LogP contribution in [0.3, 0.4) is 0 Å². The molecule has 0 saturated carbocycles. The Morgan fingerprint density at radius 1 is 0.897 bits per heavy atom. The van der Waals surface area contributed by atoms with Crippen LogP contribution in [0.5, 0.6) is 0 Å². The van der Waals surface area contributed by atoms with Crippen molar-refractivity contribution in [3.8, 4) is 10.6 Å². The van der Waals surface area contributed by atoms with E-state index in [2.05, 4.69) is 0 Å². The van der Waals surface area contributed by atoms with Gasteiger partial charge in [-0.25, -0.2) is 9.78 Å². The maximum atomic E-state index is 13.8. The van der Waals surface area contributed by atoms with Crippen molar-refractivity contribution in [2.24, 2.45) is 5.92 Å². The molecule has 1 aliphatic rings. The van der Waals surface area contributed by atoms with Gasteiger partial charge in [-0.3, -0.25) is 9.59 Å². The highest BCUT2D eigenvalue weighted by molar-refractivity contribution is 7.13. The number of benzene rings is 2. The predicted octanol–water partition coefficient (Wildman–Crippen LogP) is 6.11. The van der Waals surface area contributed by atoms with Crippen LogP contribution in [0.1, 0.15) is 69.9 Å². The Labute approximate surface area is 234 Å². The summed E-state index contributed by atoms with van der Waals surface area (Å²) < 4.78 is 11.5. The van der Waals surface area contributed by atoms with Crippen LogP contribution in [0, 0.1) is 5.92 Å². The third kappa shape index (κ3) is 7.12. The number of nitrogens with zero attached hydrogens (tertiary/aromatic N) is 2. The van der Waals surface area contributed by atoms with Gasteiger partial charge >= 0.3 is 11.9 Å². The Balaban J connectivity index is 1.76.